The van der Waals surface area contributed by atoms with Crippen LogP contribution in [0.5, 0.6) is 11.5 Å². The lowest BCUT2D eigenvalue weighted by molar-refractivity contribution is 0.0956. The minimum absolute atomic E-state index is 0.0629. The first-order chi connectivity index (χ1) is 19.0. The third kappa shape index (κ3) is 6.06. The molecule has 4 aromatic carbocycles. The minimum Gasteiger partial charge on any atom is -0.493 e. The highest BCUT2D eigenvalue weighted by Crippen LogP contribution is 2.34. The highest BCUT2D eigenvalue weighted by Gasteiger charge is 2.15. The maximum Gasteiger partial charge on any atom is 0.272 e. The highest BCUT2D eigenvalue weighted by molar-refractivity contribution is 14.1. The van der Waals surface area contributed by atoms with Crippen LogP contribution < -0.4 is 14.9 Å². The Kier molecular flexibility index (Phi) is 8.12. The van der Waals surface area contributed by atoms with Crippen molar-refractivity contribution in [2.45, 2.75) is 6.61 Å². The summed E-state index contributed by atoms with van der Waals surface area (Å²) in [6.45, 7) is 0.0629. The lowest BCUT2D eigenvalue weighted by atomic mass is 10.0. The van der Waals surface area contributed by atoms with E-state index in [-0.39, 0.29) is 18.3 Å². The maximum absolute atomic E-state index is 14.0. The van der Waals surface area contributed by atoms with Gasteiger partial charge in [-0.3, -0.25) is 4.79 Å². The number of aromatic nitrogens is 1. The van der Waals surface area contributed by atoms with Gasteiger partial charge in [-0.05, 0) is 58.5 Å². The van der Waals surface area contributed by atoms with Crippen LogP contribution in [-0.4, -0.2) is 24.2 Å². The van der Waals surface area contributed by atoms with Gasteiger partial charge in [0.25, 0.3) is 5.91 Å². The molecule has 0 aliphatic heterocycles. The zero-order chi connectivity index (χ0) is 27.2. The Labute approximate surface area is 238 Å². The van der Waals surface area contributed by atoms with Crippen LogP contribution in [0.3, 0.4) is 0 Å². The number of para-hydroxylation sites is 1. The first kappa shape index (κ1) is 26.3. The quantitative estimate of drug-likeness (QED) is 0.114. The van der Waals surface area contributed by atoms with E-state index < -0.39 is 0 Å². The summed E-state index contributed by atoms with van der Waals surface area (Å²) >= 11 is 2.12. The Bertz CT molecular complexity index is 1680. The number of hydrogen-bond donors (Lipinski definition) is 1. The normalized spacial score (nSPS) is 11.1. The van der Waals surface area contributed by atoms with E-state index in [1.807, 2.05) is 60.7 Å². The molecule has 0 aliphatic rings. The van der Waals surface area contributed by atoms with Gasteiger partial charge in [0.1, 0.15) is 12.4 Å². The standard InChI is InChI=1S/C31H23FIN3O3/c1-38-29-16-20(15-26(33)30(29)39-19-22-11-5-7-13-25(22)32)18-34-36-31(37)24-17-28(21-9-3-2-4-10-21)35-27-14-8-6-12-23(24)27/h2-18H,19H2,1H3,(H,36,37)/b34-18+. The van der Waals surface area contributed by atoms with Crippen molar-refractivity contribution < 1.29 is 18.7 Å². The fourth-order valence-electron chi connectivity index (χ4n) is 4.07. The van der Waals surface area contributed by atoms with Crippen LogP contribution >= 0.6 is 22.6 Å². The van der Waals surface area contributed by atoms with Crippen LogP contribution in [0, 0.1) is 9.39 Å². The van der Waals surface area contributed by atoms with Gasteiger partial charge in [-0.1, -0.05) is 66.7 Å². The van der Waals surface area contributed by atoms with Gasteiger partial charge in [0.05, 0.1) is 33.7 Å². The van der Waals surface area contributed by atoms with Crippen molar-refractivity contribution in [1.29, 1.82) is 0 Å². The van der Waals surface area contributed by atoms with Crippen LogP contribution in [-0.2, 0) is 6.61 Å². The summed E-state index contributed by atoms with van der Waals surface area (Å²) in [7, 11) is 1.53. The molecule has 194 valence electrons. The Balaban J connectivity index is 1.35. The van der Waals surface area contributed by atoms with E-state index in [0.717, 1.165) is 20.0 Å². The van der Waals surface area contributed by atoms with Gasteiger partial charge in [-0.15, -0.1) is 0 Å². The second-order valence-electron chi connectivity index (χ2n) is 8.55. The van der Waals surface area contributed by atoms with Crippen molar-refractivity contribution >= 4 is 45.6 Å². The lowest BCUT2D eigenvalue weighted by Crippen LogP contribution is -2.18. The third-order valence-electron chi connectivity index (χ3n) is 5.99. The van der Waals surface area contributed by atoms with Crippen LogP contribution in [0.4, 0.5) is 4.39 Å². The zero-order valence-electron chi connectivity index (χ0n) is 20.9. The first-order valence-electron chi connectivity index (χ1n) is 12.1. The number of rotatable bonds is 8. The summed E-state index contributed by atoms with van der Waals surface area (Å²) in [5.74, 6) is 0.287. The molecule has 39 heavy (non-hydrogen) atoms. The molecule has 0 radical (unpaired) electrons. The Morgan fingerprint density at radius 2 is 1.74 bits per heavy atom. The molecule has 0 spiro atoms. The predicted molar refractivity (Wildman–Crippen MR) is 159 cm³/mol. The summed E-state index contributed by atoms with van der Waals surface area (Å²) in [4.78, 5) is 17.9. The van der Waals surface area contributed by atoms with Gasteiger partial charge in [-0.2, -0.15) is 5.10 Å². The summed E-state index contributed by atoms with van der Waals surface area (Å²) < 4.78 is 26.1. The van der Waals surface area contributed by atoms with Gasteiger partial charge in [-0.25, -0.2) is 14.8 Å². The van der Waals surface area contributed by atoms with E-state index in [1.165, 1.54) is 19.4 Å². The van der Waals surface area contributed by atoms with Crippen molar-refractivity contribution in [2.75, 3.05) is 7.11 Å². The average molecular weight is 631 g/mol. The number of benzene rings is 4. The number of carbonyl (C=O) groups excluding carboxylic acids is 1. The molecule has 1 heterocycles. The van der Waals surface area contributed by atoms with Crippen molar-refractivity contribution in [3.8, 4) is 22.8 Å². The van der Waals surface area contributed by atoms with Gasteiger partial charge < -0.3 is 9.47 Å². The van der Waals surface area contributed by atoms with Crippen LogP contribution in [0.1, 0.15) is 21.5 Å². The maximum atomic E-state index is 14.0. The number of carbonyl (C=O) groups is 1. The van der Waals surface area contributed by atoms with Gasteiger partial charge in [0.15, 0.2) is 11.5 Å². The minimum atomic E-state index is -0.353. The number of hydrogen-bond acceptors (Lipinski definition) is 5. The van der Waals surface area contributed by atoms with Crippen LogP contribution in [0.2, 0.25) is 0 Å². The molecule has 8 heteroatoms. The van der Waals surface area contributed by atoms with E-state index >= 15 is 0 Å². The van der Waals surface area contributed by atoms with Crippen molar-refractivity contribution in [3.63, 3.8) is 0 Å². The molecule has 6 nitrogen and oxygen atoms in total. The molecule has 5 aromatic rings. The number of halogens is 2. The SMILES string of the molecule is COc1cc(/C=N/NC(=O)c2cc(-c3ccccc3)nc3ccccc23)cc(I)c1OCc1ccccc1F. The molecule has 0 saturated carbocycles. The zero-order valence-corrected chi connectivity index (χ0v) is 23.1. The van der Waals surface area contributed by atoms with E-state index in [1.54, 1.807) is 30.3 Å². The van der Waals surface area contributed by atoms with Crippen LogP contribution in [0.25, 0.3) is 22.2 Å². The highest BCUT2D eigenvalue weighted by atomic mass is 127. The molecular weight excluding hydrogens is 608 g/mol. The number of nitrogens with zero attached hydrogens (tertiary/aromatic N) is 2. The summed E-state index contributed by atoms with van der Waals surface area (Å²) in [5.41, 5.74) is 6.58. The number of pyridine rings is 1. The Morgan fingerprint density at radius 1 is 1.00 bits per heavy atom. The number of fused-ring (bicyclic) bond motifs is 1. The third-order valence-corrected chi connectivity index (χ3v) is 6.79. The van der Waals surface area contributed by atoms with Crippen LogP contribution in [0.15, 0.2) is 102 Å². The Hall–Kier alpha value is -4.31. The number of amides is 1. The van der Waals surface area contributed by atoms with E-state index in [9.17, 15) is 9.18 Å². The summed E-state index contributed by atoms with van der Waals surface area (Å²) in [6, 6.07) is 29.0. The number of methoxy groups -OCH3 is 1. The smallest absolute Gasteiger partial charge is 0.272 e. The molecule has 0 atom stereocenters. The van der Waals surface area contributed by atoms with Gasteiger partial charge in [0.2, 0.25) is 0 Å². The molecule has 0 bridgehead atoms. The second-order valence-corrected chi connectivity index (χ2v) is 9.71. The average Bonchev–Trinajstić information content (AvgIpc) is 2.97. The summed E-state index contributed by atoms with van der Waals surface area (Å²) in [5, 5.41) is 4.92. The molecule has 1 aromatic heterocycles. The molecule has 1 N–H and O–H groups in total. The van der Waals surface area contributed by atoms with E-state index in [0.29, 0.717) is 33.9 Å². The molecular formula is C31H23FIN3O3. The second kappa shape index (κ2) is 12.0. The fourth-order valence-corrected chi connectivity index (χ4v) is 4.85. The molecule has 0 unspecified atom stereocenters. The van der Waals surface area contributed by atoms with Crippen molar-refractivity contribution in [1.82, 2.24) is 10.4 Å². The van der Waals surface area contributed by atoms with E-state index in [2.05, 4.69) is 33.1 Å². The lowest BCUT2D eigenvalue weighted by Gasteiger charge is -2.14. The monoisotopic (exact) mass is 631 g/mol. The van der Waals surface area contributed by atoms with E-state index in [4.69, 9.17) is 14.5 Å². The Morgan fingerprint density at radius 3 is 2.54 bits per heavy atom. The molecule has 0 aliphatic carbocycles. The molecule has 1 amide bonds. The van der Waals surface area contributed by atoms with Crippen molar-refractivity contribution in [2.24, 2.45) is 5.10 Å². The number of nitrogens with one attached hydrogen (secondary N) is 1. The predicted octanol–water partition coefficient (Wildman–Crippen LogP) is 7.00. The summed E-state index contributed by atoms with van der Waals surface area (Å²) in [6.07, 6.45) is 1.53. The number of ether oxygens (including phenoxy) is 2. The topological polar surface area (TPSA) is 72.8 Å². The molecule has 0 fully saturated rings. The fraction of sp³-hybridized carbons (Fsp3) is 0.0645. The number of hydrazone groups is 1. The molecule has 0 saturated heterocycles. The first-order valence-corrected chi connectivity index (χ1v) is 13.1. The van der Waals surface area contributed by atoms with Gasteiger partial charge in [0, 0.05) is 16.5 Å². The van der Waals surface area contributed by atoms with Crippen molar-refractivity contribution in [3.05, 3.63) is 123 Å². The van der Waals surface area contributed by atoms with Gasteiger partial charge >= 0.3 is 0 Å². The molecule has 5 rings (SSSR count). The largest absolute Gasteiger partial charge is 0.493 e.